The van der Waals surface area contributed by atoms with Crippen LogP contribution in [-0.4, -0.2) is 13.0 Å². The van der Waals surface area contributed by atoms with Crippen molar-refractivity contribution in [1.29, 1.82) is 0 Å². The molecule has 2 aliphatic carbocycles. The molecule has 2 aliphatic rings. The van der Waals surface area contributed by atoms with Gasteiger partial charge >= 0.3 is 0 Å². The molecule has 0 aromatic heterocycles. The monoisotopic (exact) mass is 370 g/mol. The standard InChI is InChI=1S/C27H19BO/c1-15-11-19-17-7-3-5-9-21(17)27(23(19)12-16(15)2)22-10-6-4-8-18(22)20-13-25(28)26(29)14-24(20)27/h3-14,29H,1-2H3. The second-order valence-corrected chi connectivity index (χ2v) is 8.28. The van der Waals surface area contributed by atoms with E-state index in [1.165, 1.54) is 44.5 Å². The maximum Gasteiger partial charge on any atom is 0.119 e. The Hall–Kier alpha value is -3.26. The fraction of sp³-hybridized carbons (Fsp3) is 0.111. The summed E-state index contributed by atoms with van der Waals surface area (Å²) in [4.78, 5) is 0. The van der Waals surface area contributed by atoms with Gasteiger partial charge in [-0.1, -0.05) is 72.2 Å². The van der Waals surface area contributed by atoms with Gasteiger partial charge in [-0.2, -0.15) is 0 Å². The van der Waals surface area contributed by atoms with Crippen molar-refractivity contribution < 1.29 is 5.11 Å². The molecule has 1 spiro atoms. The van der Waals surface area contributed by atoms with Gasteiger partial charge in [-0.25, -0.2) is 0 Å². The lowest BCUT2D eigenvalue weighted by Gasteiger charge is -2.31. The van der Waals surface area contributed by atoms with Gasteiger partial charge in [-0.05, 0) is 75.5 Å². The van der Waals surface area contributed by atoms with Gasteiger partial charge in [-0.15, -0.1) is 0 Å². The maximum absolute atomic E-state index is 10.6. The van der Waals surface area contributed by atoms with Crippen LogP contribution in [0.25, 0.3) is 22.3 Å². The molecule has 0 bridgehead atoms. The van der Waals surface area contributed by atoms with Crippen molar-refractivity contribution >= 4 is 13.3 Å². The second kappa shape index (κ2) is 5.42. The van der Waals surface area contributed by atoms with Crippen LogP contribution >= 0.6 is 0 Å². The largest absolute Gasteiger partial charge is 0.509 e. The highest BCUT2D eigenvalue weighted by Gasteiger charge is 2.51. The topological polar surface area (TPSA) is 20.2 Å². The molecule has 4 aromatic rings. The number of benzene rings is 4. The molecule has 6 rings (SSSR count). The van der Waals surface area contributed by atoms with Crippen molar-refractivity contribution in [3.8, 4) is 28.0 Å². The summed E-state index contributed by atoms with van der Waals surface area (Å²) in [5.41, 5.74) is 12.3. The van der Waals surface area contributed by atoms with E-state index in [4.69, 9.17) is 7.85 Å². The summed E-state index contributed by atoms with van der Waals surface area (Å²) in [7, 11) is 6.12. The Bertz CT molecular complexity index is 1240. The van der Waals surface area contributed by atoms with Gasteiger partial charge in [0.15, 0.2) is 0 Å². The molecule has 1 unspecified atom stereocenters. The number of hydrogen-bond donors (Lipinski definition) is 1. The van der Waals surface area contributed by atoms with Crippen LogP contribution in [-0.2, 0) is 5.41 Å². The number of phenolic OH excluding ortho intramolecular Hbond substituents is 1. The summed E-state index contributed by atoms with van der Waals surface area (Å²) in [5.74, 6) is 0.144. The van der Waals surface area contributed by atoms with E-state index in [9.17, 15) is 5.11 Å². The first kappa shape index (κ1) is 16.7. The van der Waals surface area contributed by atoms with E-state index in [-0.39, 0.29) is 5.75 Å². The third kappa shape index (κ3) is 1.87. The van der Waals surface area contributed by atoms with E-state index in [2.05, 4.69) is 74.5 Å². The average Bonchev–Trinajstić information content (AvgIpc) is 3.16. The summed E-state index contributed by atoms with van der Waals surface area (Å²) < 4.78 is 0. The zero-order valence-corrected chi connectivity index (χ0v) is 16.5. The molecule has 0 fully saturated rings. The molecule has 1 nitrogen and oxygen atoms in total. The summed E-state index contributed by atoms with van der Waals surface area (Å²) in [6.45, 7) is 4.35. The van der Waals surface area contributed by atoms with Crippen molar-refractivity contribution in [2.24, 2.45) is 0 Å². The number of rotatable bonds is 0. The van der Waals surface area contributed by atoms with Crippen molar-refractivity contribution in [1.82, 2.24) is 0 Å². The van der Waals surface area contributed by atoms with Crippen LogP contribution in [0.1, 0.15) is 33.4 Å². The fourth-order valence-electron chi connectivity index (χ4n) is 5.45. The Morgan fingerprint density at radius 2 is 1.14 bits per heavy atom. The zero-order valence-electron chi connectivity index (χ0n) is 16.5. The molecule has 0 amide bonds. The highest BCUT2D eigenvalue weighted by atomic mass is 16.3. The molecule has 29 heavy (non-hydrogen) atoms. The van der Waals surface area contributed by atoms with E-state index in [1.807, 2.05) is 12.1 Å². The number of aryl methyl sites for hydroxylation is 2. The lowest BCUT2D eigenvalue weighted by atomic mass is 9.70. The first-order chi connectivity index (χ1) is 14.0. The molecule has 0 saturated heterocycles. The van der Waals surface area contributed by atoms with Gasteiger partial charge in [-0.3, -0.25) is 0 Å². The molecular formula is C27H19BO. The summed E-state index contributed by atoms with van der Waals surface area (Å²) in [6, 6.07) is 25.7. The molecular weight excluding hydrogens is 351 g/mol. The highest BCUT2D eigenvalue weighted by Crippen LogP contribution is 2.63. The van der Waals surface area contributed by atoms with Crippen molar-refractivity contribution in [3.63, 3.8) is 0 Å². The molecule has 0 aliphatic heterocycles. The minimum absolute atomic E-state index is 0.144. The molecule has 2 heteroatoms. The Morgan fingerprint density at radius 1 is 0.621 bits per heavy atom. The van der Waals surface area contributed by atoms with Gasteiger partial charge in [0.25, 0.3) is 0 Å². The van der Waals surface area contributed by atoms with E-state index in [1.54, 1.807) is 0 Å². The predicted molar refractivity (Wildman–Crippen MR) is 119 cm³/mol. The third-order valence-electron chi connectivity index (χ3n) is 6.85. The molecule has 0 heterocycles. The van der Waals surface area contributed by atoms with Gasteiger partial charge < -0.3 is 5.11 Å². The van der Waals surface area contributed by atoms with Crippen molar-refractivity contribution in [3.05, 3.63) is 106 Å². The smallest absolute Gasteiger partial charge is 0.119 e. The SMILES string of the molecule is [B]c1cc2c(cc1O)C1(c3ccccc3-c3cc(C)c(C)cc31)c1ccccc1-2. The summed E-state index contributed by atoms with van der Waals surface area (Å²) in [6.07, 6.45) is 0. The molecule has 1 atom stereocenters. The Kier molecular flexibility index (Phi) is 3.12. The second-order valence-electron chi connectivity index (χ2n) is 8.28. The van der Waals surface area contributed by atoms with Crippen LogP contribution in [0.15, 0.2) is 72.8 Å². The van der Waals surface area contributed by atoms with Crippen LogP contribution in [0.3, 0.4) is 0 Å². The van der Waals surface area contributed by atoms with Gasteiger partial charge in [0.05, 0.1) is 5.41 Å². The number of phenols is 1. The van der Waals surface area contributed by atoms with Gasteiger partial charge in [0, 0.05) is 0 Å². The highest BCUT2D eigenvalue weighted by molar-refractivity contribution is 6.34. The van der Waals surface area contributed by atoms with Crippen LogP contribution < -0.4 is 5.46 Å². The quantitative estimate of drug-likeness (QED) is 0.367. The Labute approximate surface area is 172 Å². The zero-order chi connectivity index (χ0) is 19.9. The normalized spacial score (nSPS) is 17.7. The third-order valence-corrected chi connectivity index (χ3v) is 6.85. The first-order valence-corrected chi connectivity index (χ1v) is 9.98. The lowest BCUT2D eigenvalue weighted by molar-refractivity contribution is 0.478. The van der Waals surface area contributed by atoms with E-state index in [0.717, 1.165) is 11.1 Å². The average molecular weight is 370 g/mol. The summed E-state index contributed by atoms with van der Waals surface area (Å²) >= 11 is 0. The molecule has 1 N–H and O–H groups in total. The minimum Gasteiger partial charge on any atom is -0.509 e. The number of aromatic hydroxyl groups is 1. The van der Waals surface area contributed by atoms with E-state index in [0.29, 0.717) is 5.46 Å². The van der Waals surface area contributed by atoms with Crippen LogP contribution in [0.2, 0.25) is 0 Å². The van der Waals surface area contributed by atoms with E-state index >= 15 is 0 Å². The van der Waals surface area contributed by atoms with E-state index < -0.39 is 5.41 Å². The van der Waals surface area contributed by atoms with Crippen molar-refractivity contribution in [2.45, 2.75) is 19.3 Å². The Morgan fingerprint density at radius 3 is 1.79 bits per heavy atom. The molecule has 4 aromatic carbocycles. The predicted octanol–water partition coefficient (Wildman–Crippen LogP) is 5.15. The molecule has 0 saturated carbocycles. The minimum atomic E-state index is -0.429. The first-order valence-electron chi connectivity index (χ1n) is 9.98. The lowest BCUT2D eigenvalue weighted by Crippen LogP contribution is -2.26. The fourth-order valence-corrected chi connectivity index (χ4v) is 5.45. The van der Waals surface area contributed by atoms with Gasteiger partial charge in [0.1, 0.15) is 13.6 Å². The van der Waals surface area contributed by atoms with Crippen LogP contribution in [0.4, 0.5) is 0 Å². The number of fused-ring (bicyclic) bond motifs is 10. The van der Waals surface area contributed by atoms with Gasteiger partial charge in [0.2, 0.25) is 0 Å². The number of hydrogen-bond acceptors (Lipinski definition) is 1. The van der Waals surface area contributed by atoms with Crippen molar-refractivity contribution in [2.75, 3.05) is 0 Å². The van der Waals surface area contributed by atoms with Crippen LogP contribution in [0.5, 0.6) is 5.75 Å². The molecule has 2 radical (unpaired) electrons. The maximum atomic E-state index is 10.6. The van der Waals surface area contributed by atoms with Crippen LogP contribution in [0, 0.1) is 13.8 Å². The molecule has 136 valence electrons. The summed E-state index contributed by atoms with van der Waals surface area (Å²) in [5, 5.41) is 10.6. The Balaban J connectivity index is 1.87.